The lowest BCUT2D eigenvalue weighted by atomic mass is 9.88. The first kappa shape index (κ1) is 11.9. The van der Waals surface area contributed by atoms with E-state index in [1.165, 1.54) is 38.5 Å². The lowest BCUT2D eigenvalue weighted by Gasteiger charge is -2.20. The highest BCUT2D eigenvalue weighted by atomic mass is 16.5. The van der Waals surface area contributed by atoms with Crippen molar-refractivity contribution in [2.45, 2.75) is 69.2 Å². The second-order valence-electron chi connectivity index (χ2n) is 7.07. The van der Waals surface area contributed by atoms with Gasteiger partial charge in [-0.25, -0.2) is 0 Å². The zero-order chi connectivity index (χ0) is 12.9. The molecule has 1 aromatic heterocycles. The normalized spacial score (nSPS) is 36.2. The molecule has 19 heavy (non-hydrogen) atoms. The average molecular weight is 261 g/mol. The minimum absolute atomic E-state index is 0.0848. The van der Waals surface area contributed by atoms with Gasteiger partial charge in [0, 0.05) is 17.9 Å². The van der Waals surface area contributed by atoms with E-state index in [9.17, 15) is 0 Å². The van der Waals surface area contributed by atoms with E-state index in [0.29, 0.717) is 5.92 Å². The Labute approximate surface area is 114 Å². The molecule has 4 nitrogen and oxygen atoms in total. The van der Waals surface area contributed by atoms with Gasteiger partial charge < -0.3 is 10.3 Å². The third-order valence-corrected chi connectivity index (χ3v) is 5.66. The molecule has 3 atom stereocenters. The molecular weight excluding hydrogens is 238 g/mol. The summed E-state index contributed by atoms with van der Waals surface area (Å²) in [6.45, 7) is 0. The molecule has 3 unspecified atom stereocenters. The molecule has 0 aliphatic heterocycles. The summed E-state index contributed by atoms with van der Waals surface area (Å²) in [7, 11) is 0. The highest BCUT2D eigenvalue weighted by molar-refractivity contribution is 5.07. The summed E-state index contributed by atoms with van der Waals surface area (Å²) in [5, 5.41) is 4.25. The summed E-state index contributed by atoms with van der Waals surface area (Å²) >= 11 is 0. The van der Waals surface area contributed by atoms with Gasteiger partial charge in [0.05, 0.1) is 0 Å². The zero-order valence-electron chi connectivity index (χ0n) is 11.5. The summed E-state index contributed by atoms with van der Waals surface area (Å²) in [5.41, 5.74) is 6.30. The fourth-order valence-corrected chi connectivity index (χ4v) is 4.61. The van der Waals surface area contributed by atoms with Crippen LogP contribution in [-0.2, 0) is 6.42 Å². The highest BCUT2D eigenvalue weighted by Gasteiger charge is 2.42. The van der Waals surface area contributed by atoms with E-state index in [0.717, 1.165) is 42.8 Å². The van der Waals surface area contributed by atoms with E-state index >= 15 is 0 Å². The molecule has 4 rings (SSSR count). The molecule has 3 saturated carbocycles. The summed E-state index contributed by atoms with van der Waals surface area (Å²) in [6.07, 6.45) is 10.9. The van der Waals surface area contributed by atoms with Gasteiger partial charge in [0.15, 0.2) is 5.82 Å². The van der Waals surface area contributed by atoms with Crippen molar-refractivity contribution in [1.29, 1.82) is 0 Å². The Kier molecular flexibility index (Phi) is 2.69. The molecule has 3 aliphatic rings. The molecule has 2 N–H and O–H groups in total. The predicted molar refractivity (Wildman–Crippen MR) is 71.6 cm³/mol. The molecule has 0 spiro atoms. The Morgan fingerprint density at radius 1 is 1.21 bits per heavy atom. The first-order chi connectivity index (χ1) is 9.22. The second-order valence-corrected chi connectivity index (χ2v) is 7.07. The smallest absolute Gasteiger partial charge is 0.228 e. The third kappa shape index (κ3) is 2.10. The van der Waals surface area contributed by atoms with Crippen molar-refractivity contribution in [3.05, 3.63) is 11.7 Å². The summed E-state index contributed by atoms with van der Waals surface area (Å²) in [4.78, 5) is 4.66. The third-order valence-electron chi connectivity index (χ3n) is 5.66. The zero-order valence-corrected chi connectivity index (χ0v) is 11.5. The van der Waals surface area contributed by atoms with Crippen LogP contribution in [0.2, 0.25) is 0 Å². The van der Waals surface area contributed by atoms with Crippen LogP contribution < -0.4 is 5.73 Å². The van der Waals surface area contributed by atoms with E-state index < -0.39 is 0 Å². The Balaban J connectivity index is 1.47. The Hall–Kier alpha value is -0.900. The first-order valence-corrected chi connectivity index (χ1v) is 7.83. The maximum absolute atomic E-state index is 6.39. The van der Waals surface area contributed by atoms with E-state index in [4.69, 9.17) is 10.3 Å². The lowest BCUT2D eigenvalue weighted by molar-refractivity contribution is 0.320. The number of nitrogens with zero attached hydrogens (tertiary/aromatic N) is 2. The van der Waals surface area contributed by atoms with Gasteiger partial charge in [0.25, 0.3) is 0 Å². The summed E-state index contributed by atoms with van der Waals surface area (Å²) in [5.74, 6) is 4.03. The van der Waals surface area contributed by atoms with Crippen molar-refractivity contribution in [2.75, 3.05) is 0 Å². The largest absolute Gasteiger partial charge is 0.339 e. The molecule has 0 amide bonds. The molecular formula is C15H23N3O. The quantitative estimate of drug-likeness (QED) is 0.908. The van der Waals surface area contributed by atoms with E-state index in [2.05, 4.69) is 10.1 Å². The van der Waals surface area contributed by atoms with Crippen molar-refractivity contribution in [3.8, 4) is 0 Å². The fourth-order valence-electron chi connectivity index (χ4n) is 4.61. The Bertz CT molecular complexity index is 464. The van der Waals surface area contributed by atoms with Gasteiger partial charge >= 0.3 is 0 Å². The Morgan fingerprint density at radius 2 is 2.05 bits per heavy atom. The molecule has 0 aromatic carbocycles. The van der Waals surface area contributed by atoms with Gasteiger partial charge in [-0.2, -0.15) is 4.98 Å². The molecule has 1 heterocycles. The molecule has 1 aromatic rings. The van der Waals surface area contributed by atoms with Crippen molar-refractivity contribution in [1.82, 2.24) is 10.1 Å². The monoisotopic (exact) mass is 261 g/mol. The van der Waals surface area contributed by atoms with Crippen LogP contribution in [-0.4, -0.2) is 15.7 Å². The summed E-state index contributed by atoms with van der Waals surface area (Å²) in [6, 6.07) is 0. The van der Waals surface area contributed by atoms with Gasteiger partial charge in [-0.3, -0.25) is 0 Å². The molecule has 4 heteroatoms. The van der Waals surface area contributed by atoms with Gasteiger partial charge in [0.1, 0.15) is 0 Å². The molecule has 0 radical (unpaired) electrons. The first-order valence-electron chi connectivity index (χ1n) is 7.83. The van der Waals surface area contributed by atoms with Crippen molar-refractivity contribution >= 4 is 0 Å². The number of hydrogen-bond acceptors (Lipinski definition) is 4. The van der Waals surface area contributed by atoms with Crippen LogP contribution in [0.5, 0.6) is 0 Å². The lowest BCUT2D eigenvalue weighted by Crippen LogP contribution is -2.38. The average Bonchev–Trinajstić information content (AvgIpc) is 3.12. The SMILES string of the molecule is NC1(Cc2nc(C3CC4CCC3C4)no2)CCCC1. The molecule has 2 bridgehead atoms. The van der Waals surface area contributed by atoms with Crippen molar-refractivity contribution in [3.63, 3.8) is 0 Å². The van der Waals surface area contributed by atoms with Crippen LogP contribution in [0.4, 0.5) is 0 Å². The number of aromatic nitrogens is 2. The fraction of sp³-hybridized carbons (Fsp3) is 0.867. The number of hydrogen-bond donors (Lipinski definition) is 1. The minimum atomic E-state index is -0.0848. The van der Waals surface area contributed by atoms with Gasteiger partial charge in [-0.15, -0.1) is 0 Å². The van der Waals surface area contributed by atoms with Crippen LogP contribution >= 0.6 is 0 Å². The van der Waals surface area contributed by atoms with Crippen molar-refractivity contribution < 1.29 is 4.52 Å². The predicted octanol–water partition coefficient (Wildman–Crippen LogP) is 2.79. The highest BCUT2D eigenvalue weighted by Crippen LogP contribution is 2.52. The van der Waals surface area contributed by atoms with Gasteiger partial charge in [0.2, 0.25) is 5.89 Å². The van der Waals surface area contributed by atoms with Crippen LogP contribution in [0.15, 0.2) is 4.52 Å². The van der Waals surface area contributed by atoms with Crippen LogP contribution in [0, 0.1) is 11.8 Å². The van der Waals surface area contributed by atoms with Crippen LogP contribution in [0.25, 0.3) is 0 Å². The van der Waals surface area contributed by atoms with Crippen LogP contribution in [0.1, 0.15) is 69.0 Å². The molecule has 0 saturated heterocycles. The minimum Gasteiger partial charge on any atom is -0.339 e. The standard InChI is InChI=1S/C15H23N3O/c16-15(5-1-2-6-15)9-13-17-14(18-19-13)12-8-10-3-4-11(12)7-10/h10-12H,1-9,16H2. The number of rotatable bonds is 3. The van der Waals surface area contributed by atoms with E-state index in [-0.39, 0.29) is 5.54 Å². The Morgan fingerprint density at radius 3 is 2.74 bits per heavy atom. The maximum Gasteiger partial charge on any atom is 0.228 e. The van der Waals surface area contributed by atoms with Gasteiger partial charge in [-0.05, 0) is 43.9 Å². The maximum atomic E-state index is 6.39. The van der Waals surface area contributed by atoms with Gasteiger partial charge in [-0.1, -0.05) is 24.4 Å². The van der Waals surface area contributed by atoms with E-state index in [1.54, 1.807) is 0 Å². The van der Waals surface area contributed by atoms with Crippen LogP contribution in [0.3, 0.4) is 0 Å². The molecule has 104 valence electrons. The topological polar surface area (TPSA) is 64.9 Å². The number of nitrogens with two attached hydrogens (primary N) is 1. The molecule has 3 fully saturated rings. The molecule has 3 aliphatic carbocycles. The van der Waals surface area contributed by atoms with Crippen molar-refractivity contribution in [2.24, 2.45) is 17.6 Å². The second kappa shape index (κ2) is 4.30. The van der Waals surface area contributed by atoms with E-state index in [1.807, 2.05) is 0 Å². The summed E-state index contributed by atoms with van der Waals surface area (Å²) < 4.78 is 5.47. The number of fused-ring (bicyclic) bond motifs is 2.